The highest BCUT2D eigenvalue weighted by Crippen LogP contribution is 2.29. The van der Waals surface area contributed by atoms with Gasteiger partial charge in [0.2, 0.25) is 11.5 Å². The highest BCUT2D eigenvalue weighted by molar-refractivity contribution is 9.10. The number of aromatic nitrogens is 11. The fourth-order valence-corrected chi connectivity index (χ4v) is 4.33. The fourth-order valence-electron chi connectivity index (χ4n) is 3.90. The first-order chi connectivity index (χ1) is 20.0. The number of nitrogens with one attached hydrogen (secondary N) is 3. The van der Waals surface area contributed by atoms with Crippen molar-refractivity contribution in [1.82, 2.24) is 54.9 Å². The second-order valence-corrected chi connectivity index (χ2v) is 8.91. The Hall–Kier alpha value is -5.47. The summed E-state index contributed by atoms with van der Waals surface area (Å²) < 4.78 is 41.6. The van der Waals surface area contributed by atoms with E-state index in [1.165, 1.54) is 27.9 Å². The van der Waals surface area contributed by atoms with Gasteiger partial charge in [-0.2, -0.15) is 24.6 Å². The van der Waals surface area contributed by atoms with Crippen molar-refractivity contribution >= 4 is 49.5 Å². The van der Waals surface area contributed by atoms with Crippen LogP contribution in [0.5, 0.6) is 0 Å². The van der Waals surface area contributed by atoms with Crippen molar-refractivity contribution in [2.24, 2.45) is 0 Å². The summed E-state index contributed by atoms with van der Waals surface area (Å²) in [7, 11) is 0. The number of halogens is 4. The molecule has 0 bridgehead atoms. The minimum absolute atomic E-state index is 0.301. The lowest BCUT2D eigenvalue weighted by atomic mass is 10.2. The summed E-state index contributed by atoms with van der Waals surface area (Å²) in [6.45, 7) is 0. The van der Waals surface area contributed by atoms with Crippen LogP contribution in [-0.4, -0.2) is 54.9 Å². The van der Waals surface area contributed by atoms with Crippen molar-refractivity contribution in [2.45, 2.75) is 0 Å². The predicted octanol–water partition coefficient (Wildman–Crippen LogP) is 4.75. The summed E-state index contributed by atoms with van der Waals surface area (Å²) in [5.74, 6) is -0.0514. The van der Waals surface area contributed by atoms with Crippen LogP contribution in [-0.2, 0) is 0 Å². The number of pyridine rings is 3. The normalized spacial score (nSPS) is 11.3. The number of rotatable bonds is 2. The zero-order valence-corrected chi connectivity index (χ0v) is 22.1. The molecule has 0 amide bonds. The first kappa shape index (κ1) is 25.8. The molecule has 41 heavy (non-hydrogen) atoms. The molecule has 1 aliphatic heterocycles. The van der Waals surface area contributed by atoms with Crippen LogP contribution in [0.4, 0.5) is 18.9 Å². The molecule has 0 radical (unpaired) electrons. The van der Waals surface area contributed by atoms with Crippen LogP contribution in [0, 0.1) is 23.7 Å². The van der Waals surface area contributed by atoms with Gasteiger partial charge in [-0.05, 0) is 28.1 Å². The van der Waals surface area contributed by atoms with Crippen molar-refractivity contribution in [3.8, 4) is 11.6 Å². The Labute approximate surface area is 236 Å². The largest absolute Gasteiger partial charge is 0.359 e. The standard InChI is InChI=1S/C9H5FN5.C9H6FN5.C7H4BrFN2/c10-7-5-12-9(15-4-3-13-14-15)8-6(7)1-2-11-8;10-7-5-12-9(15-13-3-4-14-15)8-6(7)1-2-11-8;8-7-6-4(1-2-10-6)5(9)3-11-7/h1,3-5,11H;1-5,11H;1-3,10H/q+1;;. The third-order valence-electron chi connectivity index (χ3n) is 5.74. The number of anilines is 1. The van der Waals surface area contributed by atoms with Crippen LogP contribution >= 0.6 is 15.9 Å². The Morgan fingerprint density at radius 2 is 1.44 bits per heavy atom. The molecule has 0 aliphatic carbocycles. The lowest BCUT2D eigenvalue weighted by Gasteiger charge is -2.00. The first-order valence-electron chi connectivity index (χ1n) is 11.7. The van der Waals surface area contributed by atoms with Gasteiger partial charge in [0.1, 0.15) is 16.9 Å². The van der Waals surface area contributed by atoms with Gasteiger partial charge < -0.3 is 9.97 Å². The van der Waals surface area contributed by atoms with Crippen molar-refractivity contribution in [2.75, 3.05) is 5.32 Å². The van der Waals surface area contributed by atoms with Crippen LogP contribution in [0.3, 0.4) is 0 Å². The highest BCUT2D eigenvalue weighted by Gasteiger charge is 2.28. The van der Waals surface area contributed by atoms with E-state index < -0.39 is 0 Å². The minimum atomic E-state index is -0.383. The molecule has 7 aromatic heterocycles. The number of hydrogen-bond donors (Lipinski definition) is 3. The molecule has 8 rings (SSSR count). The van der Waals surface area contributed by atoms with Gasteiger partial charge in [-0.1, -0.05) is 5.21 Å². The van der Waals surface area contributed by atoms with Gasteiger partial charge in [0.15, 0.2) is 23.0 Å². The number of nitrogens with zero attached hydrogens (tertiary/aromatic N) is 9. The third-order valence-corrected chi connectivity index (χ3v) is 6.34. The number of fused-ring (bicyclic) bond motifs is 3. The van der Waals surface area contributed by atoms with E-state index in [4.69, 9.17) is 0 Å². The molecule has 202 valence electrons. The second kappa shape index (κ2) is 11.0. The fraction of sp³-hybridized carbons (Fsp3) is 0. The van der Waals surface area contributed by atoms with Crippen molar-refractivity contribution in [3.05, 3.63) is 102 Å². The average Bonchev–Trinajstić information content (AvgIpc) is 3.82. The predicted molar refractivity (Wildman–Crippen MR) is 145 cm³/mol. The smallest absolute Gasteiger partial charge is 0.253 e. The van der Waals surface area contributed by atoms with Gasteiger partial charge >= 0.3 is 0 Å². The molecular weight excluding hydrogens is 605 g/mol. The molecule has 0 atom stereocenters. The van der Waals surface area contributed by atoms with E-state index in [9.17, 15) is 13.2 Å². The molecule has 16 heteroatoms. The van der Waals surface area contributed by atoms with Crippen molar-refractivity contribution in [1.29, 1.82) is 0 Å². The molecule has 3 N–H and O–H groups in total. The maximum absolute atomic E-state index is 13.3. The van der Waals surface area contributed by atoms with Gasteiger partial charge in [0.25, 0.3) is 5.82 Å². The van der Waals surface area contributed by atoms with Crippen LogP contribution in [0.2, 0.25) is 0 Å². The summed E-state index contributed by atoms with van der Waals surface area (Å²) in [6, 6.07) is 3.33. The summed E-state index contributed by atoms with van der Waals surface area (Å²) in [5.41, 5.74) is 2.28. The zero-order valence-electron chi connectivity index (χ0n) is 20.5. The molecule has 0 aromatic carbocycles. The topological polar surface area (TPSA) is 144 Å². The molecule has 0 fully saturated rings. The molecule has 0 saturated carbocycles. The summed E-state index contributed by atoms with van der Waals surface area (Å²) >= 11 is 3.20. The highest BCUT2D eigenvalue weighted by atomic mass is 79.9. The van der Waals surface area contributed by atoms with Gasteiger partial charge in [-0.3, -0.25) is 0 Å². The zero-order chi connectivity index (χ0) is 28.3. The lowest BCUT2D eigenvalue weighted by molar-refractivity contribution is 0.617. The summed E-state index contributed by atoms with van der Waals surface area (Å²) in [6.07, 6.45) is 17.3. The number of aromatic amines is 2. The van der Waals surface area contributed by atoms with Crippen LogP contribution in [0.1, 0.15) is 5.56 Å². The molecule has 0 spiro atoms. The molecule has 0 saturated heterocycles. The third kappa shape index (κ3) is 4.99. The first-order valence-corrected chi connectivity index (χ1v) is 12.5. The quantitative estimate of drug-likeness (QED) is 0.186. The maximum atomic E-state index is 13.3. The van der Waals surface area contributed by atoms with Crippen LogP contribution in [0.15, 0.2) is 72.5 Å². The van der Waals surface area contributed by atoms with E-state index in [2.05, 4.69) is 72.9 Å². The van der Waals surface area contributed by atoms with E-state index in [0.717, 1.165) is 12.4 Å². The molecule has 7 aromatic rings. The van der Waals surface area contributed by atoms with E-state index in [1.54, 1.807) is 43.1 Å². The SMILES string of the molecule is Fc1cnc(-n2ccnn2)c2c1C=[C+]N2.Fc1cnc(-n2nccn2)c2[nH]ccc12.Fc1cnc(Br)c2[nH]ccc12. The Kier molecular flexibility index (Phi) is 6.89. The summed E-state index contributed by atoms with van der Waals surface area (Å²) in [5, 5.41) is 19.2. The Morgan fingerprint density at radius 3 is 2.15 bits per heavy atom. The van der Waals surface area contributed by atoms with Crippen molar-refractivity contribution < 1.29 is 13.2 Å². The van der Waals surface area contributed by atoms with Crippen LogP contribution in [0.25, 0.3) is 39.5 Å². The second-order valence-electron chi connectivity index (χ2n) is 8.16. The molecule has 0 unspecified atom stereocenters. The Balaban J connectivity index is 0.000000112. The Morgan fingerprint density at radius 1 is 0.780 bits per heavy atom. The number of H-pyrrole nitrogens is 2. The van der Waals surface area contributed by atoms with E-state index in [1.807, 2.05) is 0 Å². The van der Waals surface area contributed by atoms with Crippen molar-refractivity contribution in [3.63, 3.8) is 0 Å². The Bertz CT molecular complexity index is 1940. The summed E-state index contributed by atoms with van der Waals surface area (Å²) in [4.78, 5) is 18.8. The van der Waals surface area contributed by atoms with E-state index in [-0.39, 0.29) is 17.5 Å². The van der Waals surface area contributed by atoms with Gasteiger partial charge in [0.05, 0.1) is 54.4 Å². The van der Waals surface area contributed by atoms with Crippen LogP contribution < -0.4 is 5.32 Å². The lowest BCUT2D eigenvalue weighted by Crippen LogP contribution is -2.04. The monoisotopic (exact) mass is 619 g/mol. The van der Waals surface area contributed by atoms with Gasteiger partial charge in [-0.25, -0.2) is 23.7 Å². The molecule has 1 aliphatic rings. The maximum Gasteiger partial charge on any atom is 0.253 e. The molecular formula is C25H15BrF3N12+. The molecule has 12 nitrogen and oxygen atoms in total. The van der Waals surface area contributed by atoms with Gasteiger partial charge in [-0.15, -0.1) is 9.90 Å². The van der Waals surface area contributed by atoms with E-state index in [0.29, 0.717) is 49.3 Å². The number of hydrogen-bond acceptors (Lipinski definition) is 8. The molecule has 8 heterocycles. The minimum Gasteiger partial charge on any atom is -0.359 e. The average molecular weight is 620 g/mol. The van der Waals surface area contributed by atoms with Gasteiger partial charge in [0, 0.05) is 23.2 Å². The van der Waals surface area contributed by atoms with E-state index >= 15 is 0 Å².